The molecule has 0 amide bonds. The van der Waals surface area contributed by atoms with Crippen LogP contribution in [0.1, 0.15) is 0 Å². The molecule has 0 N–H and O–H groups in total. The lowest BCUT2D eigenvalue weighted by Crippen LogP contribution is -2.11. The zero-order valence-electron chi connectivity index (χ0n) is 19.6. The Balaban J connectivity index is 1.64. The molecule has 0 aliphatic rings. The van der Waals surface area contributed by atoms with Crippen molar-refractivity contribution in [3.63, 3.8) is 0 Å². The maximum atomic E-state index is 6.84. The highest BCUT2D eigenvalue weighted by molar-refractivity contribution is 6.19. The van der Waals surface area contributed by atoms with Crippen LogP contribution in [0.4, 0.5) is 17.1 Å². The average molecular weight is 462 g/mol. The first-order chi connectivity index (χ1) is 17.9. The summed E-state index contributed by atoms with van der Waals surface area (Å²) in [4.78, 5) is 2.31. The van der Waals surface area contributed by atoms with Crippen LogP contribution in [0.25, 0.3) is 43.8 Å². The van der Waals surface area contributed by atoms with E-state index >= 15 is 0 Å². The van der Waals surface area contributed by atoms with E-state index < -0.39 is 0 Å². The number of fused-ring (bicyclic) bond motifs is 5. The lowest BCUT2D eigenvalue weighted by molar-refractivity contribution is 0.673. The smallest absolute Gasteiger partial charge is 0.160 e. The summed E-state index contributed by atoms with van der Waals surface area (Å²) in [6, 6.07) is 48.8. The molecule has 0 bridgehead atoms. The minimum Gasteiger partial charge on any atom is -0.453 e. The highest BCUT2D eigenvalue weighted by Gasteiger charge is 2.24. The first-order valence-corrected chi connectivity index (χ1v) is 12.2. The second kappa shape index (κ2) is 8.44. The topological polar surface area (TPSA) is 16.4 Å². The Morgan fingerprint density at radius 3 is 1.67 bits per heavy atom. The highest BCUT2D eigenvalue weighted by atomic mass is 16.3. The molecule has 0 unspecified atom stereocenters. The van der Waals surface area contributed by atoms with Crippen LogP contribution in [0.2, 0.25) is 0 Å². The van der Waals surface area contributed by atoms with Gasteiger partial charge in [0.2, 0.25) is 0 Å². The van der Waals surface area contributed by atoms with Crippen LogP contribution in [0.3, 0.4) is 0 Å². The van der Waals surface area contributed by atoms with Crippen LogP contribution in [-0.4, -0.2) is 0 Å². The van der Waals surface area contributed by atoms with Crippen molar-refractivity contribution in [3.05, 3.63) is 140 Å². The molecule has 0 spiro atoms. The third-order valence-electron chi connectivity index (χ3n) is 6.84. The summed E-state index contributed by atoms with van der Waals surface area (Å²) in [5, 5.41) is 4.55. The van der Waals surface area contributed by atoms with Crippen molar-refractivity contribution >= 4 is 49.8 Å². The Bertz CT molecular complexity index is 1780. The Morgan fingerprint density at radius 2 is 0.972 bits per heavy atom. The zero-order chi connectivity index (χ0) is 23.9. The molecule has 170 valence electrons. The van der Waals surface area contributed by atoms with E-state index in [0.717, 1.165) is 55.5 Å². The van der Waals surface area contributed by atoms with Gasteiger partial charge in [-0.3, -0.25) is 0 Å². The fraction of sp³-hybridized carbons (Fsp3) is 0. The van der Waals surface area contributed by atoms with Crippen LogP contribution >= 0.6 is 0 Å². The van der Waals surface area contributed by atoms with Gasteiger partial charge in [-0.2, -0.15) is 0 Å². The van der Waals surface area contributed by atoms with Gasteiger partial charge in [0.15, 0.2) is 5.58 Å². The molecule has 0 saturated heterocycles. The van der Waals surface area contributed by atoms with Gasteiger partial charge in [0.1, 0.15) is 5.58 Å². The van der Waals surface area contributed by atoms with Gasteiger partial charge in [-0.15, -0.1) is 0 Å². The van der Waals surface area contributed by atoms with Crippen LogP contribution in [0, 0.1) is 0 Å². The van der Waals surface area contributed by atoms with E-state index in [2.05, 4.69) is 144 Å². The molecule has 7 aromatic rings. The van der Waals surface area contributed by atoms with Gasteiger partial charge in [0, 0.05) is 33.1 Å². The van der Waals surface area contributed by atoms with Crippen LogP contribution in [-0.2, 0) is 0 Å². The molecule has 0 aliphatic carbocycles. The van der Waals surface area contributed by atoms with Crippen molar-refractivity contribution in [1.82, 2.24) is 0 Å². The number of rotatable bonds is 4. The second-order valence-electron chi connectivity index (χ2n) is 8.98. The number of hydrogen-bond acceptors (Lipinski definition) is 2. The number of nitrogens with zero attached hydrogens (tertiary/aromatic N) is 1. The molecular weight excluding hydrogens is 438 g/mol. The molecule has 2 heteroatoms. The molecule has 36 heavy (non-hydrogen) atoms. The molecular formula is C34H23NO. The Morgan fingerprint density at radius 1 is 0.417 bits per heavy atom. The fourth-order valence-electron chi connectivity index (χ4n) is 5.19. The molecule has 7 rings (SSSR count). The Kier molecular flexibility index (Phi) is 4.82. The van der Waals surface area contributed by atoms with E-state index in [9.17, 15) is 0 Å². The van der Waals surface area contributed by atoms with Crippen LogP contribution < -0.4 is 4.90 Å². The lowest BCUT2D eigenvalue weighted by atomic mass is 9.98. The summed E-state index contributed by atoms with van der Waals surface area (Å²) in [7, 11) is 0. The molecule has 6 aromatic carbocycles. The summed E-state index contributed by atoms with van der Waals surface area (Å²) >= 11 is 0. The largest absolute Gasteiger partial charge is 0.453 e. The minimum absolute atomic E-state index is 0.885. The van der Waals surface area contributed by atoms with Gasteiger partial charge < -0.3 is 9.32 Å². The summed E-state index contributed by atoms with van der Waals surface area (Å²) in [6.45, 7) is 0. The number of para-hydroxylation sites is 2. The van der Waals surface area contributed by atoms with Gasteiger partial charge in [-0.1, -0.05) is 103 Å². The lowest BCUT2D eigenvalue weighted by Gasteiger charge is -2.27. The molecule has 1 heterocycles. The molecule has 0 saturated carbocycles. The average Bonchev–Trinajstić information content (AvgIpc) is 3.35. The fourth-order valence-corrected chi connectivity index (χ4v) is 5.19. The Hall–Kier alpha value is -4.82. The maximum Gasteiger partial charge on any atom is 0.160 e. The van der Waals surface area contributed by atoms with E-state index in [-0.39, 0.29) is 0 Å². The van der Waals surface area contributed by atoms with Gasteiger partial charge in [0.25, 0.3) is 0 Å². The maximum absolute atomic E-state index is 6.84. The highest BCUT2D eigenvalue weighted by Crippen LogP contribution is 2.48. The summed E-state index contributed by atoms with van der Waals surface area (Å²) in [6.07, 6.45) is 0. The normalized spacial score (nSPS) is 11.3. The van der Waals surface area contributed by atoms with Crippen molar-refractivity contribution in [2.24, 2.45) is 0 Å². The van der Waals surface area contributed by atoms with E-state index in [4.69, 9.17) is 4.42 Å². The third kappa shape index (κ3) is 3.27. The van der Waals surface area contributed by atoms with E-state index in [1.807, 2.05) is 0 Å². The monoisotopic (exact) mass is 461 g/mol. The first kappa shape index (κ1) is 20.5. The predicted molar refractivity (Wildman–Crippen MR) is 151 cm³/mol. The van der Waals surface area contributed by atoms with Crippen molar-refractivity contribution in [3.8, 4) is 11.1 Å². The molecule has 0 radical (unpaired) electrons. The van der Waals surface area contributed by atoms with E-state index in [1.54, 1.807) is 0 Å². The van der Waals surface area contributed by atoms with E-state index in [1.165, 1.54) is 5.39 Å². The van der Waals surface area contributed by atoms with Crippen molar-refractivity contribution in [2.75, 3.05) is 4.90 Å². The summed E-state index contributed by atoms with van der Waals surface area (Å²) in [5.41, 5.74) is 7.29. The SMILES string of the molecule is c1ccc(-c2ccc3c(oc4c5ccccc5ccc34)c2N(c2ccccc2)c2ccccc2)cc1. The standard InChI is InChI=1S/C34H23NO/c1-4-12-24(13-5-1)28-22-23-31-30-21-20-25-14-10-11-19-29(25)33(30)36-34(31)32(28)35(26-15-6-2-7-16-26)27-17-8-3-9-18-27/h1-23H. The molecule has 0 fully saturated rings. The summed E-state index contributed by atoms with van der Waals surface area (Å²) < 4.78 is 6.84. The van der Waals surface area contributed by atoms with Crippen molar-refractivity contribution < 1.29 is 4.42 Å². The van der Waals surface area contributed by atoms with Crippen LogP contribution in [0.5, 0.6) is 0 Å². The summed E-state index contributed by atoms with van der Waals surface area (Å²) in [5.74, 6) is 0. The van der Waals surface area contributed by atoms with Crippen molar-refractivity contribution in [2.45, 2.75) is 0 Å². The number of anilines is 3. The molecule has 1 aromatic heterocycles. The van der Waals surface area contributed by atoms with Gasteiger partial charge in [-0.05, 0) is 47.3 Å². The zero-order valence-corrected chi connectivity index (χ0v) is 19.6. The quantitative estimate of drug-likeness (QED) is 0.259. The first-order valence-electron chi connectivity index (χ1n) is 12.2. The van der Waals surface area contributed by atoms with Gasteiger partial charge in [-0.25, -0.2) is 0 Å². The number of benzene rings is 6. The minimum atomic E-state index is 0.885. The van der Waals surface area contributed by atoms with Gasteiger partial charge in [0.05, 0.1) is 5.69 Å². The van der Waals surface area contributed by atoms with E-state index in [0.29, 0.717) is 0 Å². The molecule has 0 aliphatic heterocycles. The van der Waals surface area contributed by atoms with Crippen molar-refractivity contribution in [1.29, 1.82) is 0 Å². The molecule has 2 nitrogen and oxygen atoms in total. The van der Waals surface area contributed by atoms with Crippen LogP contribution in [0.15, 0.2) is 144 Å². The number of furan rings is 1. The molecule has 0 atom stereocenters. The number of hydrogen-bond donors (Lipinski definition) is 0. The second-order valence-corrected chi connectivity index (χ2v) is 8.98. The Labute approximate surface area is 209 Å². The third-order valence-corrected chi connectivity index (χ3v) is 6.84. The van der Waals surface area contributed by atoms with Gasteiger partial charge >= 0.3 is 0 Å². The predicted octanol–water partition coefficient (Wildman–Crippen LogP) is 9.88.